The molecule has 2 heterocycles. The van der Waals surface area contributed by atoms with Crippen LogP contribution in [0.5, 0.6) is 5.75 Å². The number of likely N-dealkylation sites (tertiary alicyclic amines) is 1. The number of fused-ring (bicyclic) bond motifs is 1. The number of piperidine rings is 1. The van der Waals surface area contributed by atoms with Gasteiger partial charge < -0.3 is 14.7 Å². The molecule has 1 aromatic heterocycles. The van der Waals surface area contributed by atoms with Gasteiger partial charge in [-0.2, -0.15) is 0 Å². The lowest BCUT2D eigenvalue weighted by Crippen LogP contribution is -2.42. The highest BCUT2D eigenvalue weighted by Crippen LogP contribution is 2.37. The van der Waals surface area contributed by atoms with Crippen LogP contribution in [0.15, 0.2) is 48.7 Å². The zero-order valence-electron chi connectivity index (χ0n) is 19.9. The Morgan fingerprint density at radius 3 is 2.56 bits per heavy atom. The van der Waals surface area contributed by atoms with Gasteiger partial charge in [0.15, 0.2) is 0 Å². The molecule has 2 aromatic carbocycles. The number of halogens is 2. The molecule has 3 aromatic rings. The number of aliphatic hydroxyl groups excluding tert-OH is 1. The number of ether oxygens (including phenoxy) is 1. The molecular weight excluding hydrogens is 451 g/mol. The van der Waals surface area contributed by atoms with Crippen LogP contribution in [0.25, 0.3) is 10.9 Å². The van der Waals surface area contributed by atoms with Gasteiger partial charge in [0.05, 0.1) is 17.6 Å². The number of pyridine rings is 1. The summed E-state index contributed by atoms with van der Waals surface area (Å²) < 4.78 is 18.5. The lowest BCUT2D eigenvalue weighted by atomic mass is 9.75. The van der Waals surface area contributed by atoms with Gasteiger partial charge in [-0.25, -0.2) is 4.39 Å². The number of aromatic nitrogens is 1. The summed E-state index contributed by atoms with van der Waals surface area (Å²) in [5, 5.41) is 12.0. The van der Waals surface area contributed by atoms with Crippen molar-refractivity contribution in [3.63, 3.8) is 0 Å². The molecule has 0 saturated carbocycles. The molecule has 4 rings (SSSR count). The molecule has 1 N–H and O–H groups in total. The molecule has 0 atom stereocenters. The highest BCUT2D eigenvalue weighted by molar-refractivity contribution is 6.32. The van der Waals surface area contributed by atoms with Gasteiger partial charge in [-0.3, -0.25) is 4.98 Å². The van der Waals surface area contributed by atoms with Gasteiger partial charge in [0.2, 0.25) is 0 Å². The molecule has 182 valence electrons. The Labute approximate surface area is 206 Å². The zero-order chi connectivity index (χ0) is 24.0. The maximum atomic E-state index is 13.1. The Kier molecular flexibility index (Phi) is 8.41. The monoisotopic (exact) mass is 484 g/mol. The fraction of sp³-hybridized carbons (Fsp3) is 0.464. The summed E-state index contributed by atoms with van der Waals surface area (Å²) in [5.41, 5.74) is 3.20. The number of benzene rings is 2. The summed E-state index contributed by atoms with van der Waals surface area (Å²) in [6.07, 6.45) is 8.60. The van der Waals surface area contributed by atoms with Crippen LogP contribution >= 0.6 is 11.6 Å². The van der Waals surface area contributed by atoms with Crippen molar-refractivity contribution in [2.45, 2.75) is 44.9 Å². The Hall–Kier alpha value is -2.21. The fourth-order valence-corrected chi connectivity index (χ4v) is 5.36. The molecule has 1 aliphatic rings. The summed E-state index contributed by atoms with van der Waals surface area (Å²) >= 11 is 6.53. The van der Waals surface area contributed by atoms with Crippen molar-refractivity contribution in [2.75, 3.05) is 33.4 Å². The molecule has 0 amide bonds. The highest BCUT2D eigenvalue weighted by atomic mass is 35.5. The highest BCUT2D eigenvalue weighted by Gasteiger charge is 2.33. The molecule has 1 fully saturated rings. The van der Waals surface area contributed by atoms with Crippen LogP contribution in [-0.2, 0) is 12.8 Å². The van der Waals surface area contributed by atoms with Crippen LogP contribution in [0.1, 0.15) is 43.2 Å². The lowest BCUT2D eigenvalue weighted by Gasteiger charge is -2.41. The van der Waals surface area contributed by atoms with E-state index in [0.717, 1.165) is 86.8 Å². The Balaban J connectivity index is 1.28. The first-order valence-corrected chi connectivity index (χ1v) is 12.6. The van der Waals surface area contributed by atoms with Gasteiger partial charge in [-0.1, -0.05) is 23.7 Å². The van der Waals surface area contributed by atoms with Gasteiger partial charge >= 0.3 is 0 Å². The third-order valence-electron chi connectivity index (χ3n) is 7.37. The first-order chi connectivity index (χ1) is 16.5. The number of hydrogen-bond donors (Lipinski definition) is 1. The van der Waals surface area contributed by atoms with E-state index >= 15 is 0 Å². The fourth-order valence-electron chi connectivity index (χ4n) is 5.12. The largest absolute Gasteiger partial charge is 0.497 e. The molecule has 0 radical (unpaired) electrons. The summed E-state index contributed by atoms with van der Waals surface area (Å²) in [5.74, 6) is 0.621. The average molecular weight is 485 g/mol. The standard InChI is InChI=1S/C28H34ClFN2O2/c1-34-23-10-11-27-25(18-23)24(26(29)19-31-27)5-2-12-28(20-33)13-16-32(17-14-28)15-3-4-21-6-8-22(30)9-7-21/h6-11,18-19,33H,2-5,12-17,20H2,1H3. The molecule has 6 heteroatoms. The summed E-state index contributed by atoms with van der Waals surface area (Å²) in [7, 11) is 1.67. The van der Waals surface area contributed by atoms with E-state index in [1.54, 1.807) is 13.3 Å². The predicted octanol–water partition coefficient (Wildman–Crippen LogP) is 6.07. The molecule has 0 spiro atoms. The maximum absolute atomic E-state index is 13.1. The quantitative estimate of drug-likeness (QED) is 0.379. The number of aliphatic hydroxyl groups is 1. The number of hydrogen-bond acceptors (Lipinski definition) is 4. The van der Waals surface area contributed by atoms with Crippen LogP contribution in [0, 0.1) is 11.2 Å². The summed E-state index contributed by atoms with van der Waals surface area (Å²) in [6, 6.07) is 12.7. The van der Waals surface area contributed by atoms with Crippen LogP contribution < -0.4 is 4.74 Å². The lowest BCUT2D eigenvalue weighted by molar-refractivity contribution is 0.0353. The van der Waals surface area contributed by atoms with Crippen molar-refractivity contribution in [1.82, 2.24) is 9.88 Å². The minimum atomic E-state index is -0.181. The number of methoxy groups -OCH3 is 1. The van der Waals surface area contributed by atoms with E-state index in [4.69, 9.17) is 16.3 Å². The number of nitrogens with zero attached hydrogens (tertiary/aromatic N) is 2. The van der Waals surface area contributed by atoms with E-state index in [2.05, 4.69) is 9.88 Å². The number of aryl methyl sites for hydroxylation is 2. The van der Waals surface area contributed by atoms with Crippen molar-refractivity contribution < 1.29 is 14.2 Å². The van der Waals surface area contributed by atoms with Gasteiger partial charge in [0.1, 0.15) is 11.6 Å². The third kappa shape index (κ3) is 6.07. The van der Waals surface area contributed by atoms with Crippen molar-refractivity contribution >= 4 is 22.5 Å². The average Bonchev–Trinajstić information content (AvgIpc) is 2.87. The van der Waals surface area contributed by atoms with Crippen molar-refractivity contribution in [2.24, 2.45) is 5.41 Å². The second kappa shape index (κ2) is 11.5. The van der Waals surface area contributed by atoms with Crippen molar-refractivity contribution in [3.05, 3.63) is 70.6 Å². The molecule has 1 aliphatic heterocycles. The topological polar surface area (TPSA) is 45.6 Å². The maximum Gasteiger partial charge on any atom is 0.123 e. The molecular formula is C28H34ClFN2O2. The minimum absolute atomic E-state index is 0.0134. The summed E-state index contributed by atoms with van der Waals surface area (Å²) in [4.78, 5) is 6.95. The normalized spacial score (nSPS) is 16.1. The first-order valence-electron chi connectivity index (χ1n) is 12.2. The van der Waals surface area contributed by atoms with Gasteiger partial charge in [-0.05, 0) is 111 Å². The Morgan fingerprint density at radius 2 is 1.85 bits per heavy atom. The first kappa shape index (κ1) is 24.9. The van der Waals surface area contributed by atoms with Crippen LogP contribution in [0.4, 0.5) is 4.39 Å². The smallest absolute Gasteiger partial charge is 0.123 e. The van der Waals surface area contributed by atoms with E-state index in [-0.39, 0.29) is 17.8 Å². The van der Waals surface area contributed by atoms with Crippen LogP contribution in [-0.4, -0.2) is 48.3 Å². The molecule has 0 unspecified atom stereocenters. The molecule has 1 saturated heterocycles. The number of rotatable bonds is 10. The van der Waals surface area contributed by atoms with E-state index in [1.807, 2.05) is 30.3 Å². The third-order valence-corrected chi connectivity index (χ3v) is 7.70. The predicted molar refractivity (Wildman–Crippen MR) is 136 cm³/mol. The molecule has 0 bridgehead atoms. The van der Waals surface area contributed by atoms with Crippen molar-refractivity contribution in [3.8, 4) is 5.75 Å². The van der Waals surface area contributed by atoms with Gasteiger partial charge in [0.25, 0.3) is 0 Å². The Bertz CT molecular complexity index is 1080. The second-order valence-electron chi connectivity index (χ2n) is 9.55. The van der Waals surface area contributed by atoms with E-state index in [9.17, 15) is 9.50 Å². The van der Waals surface area contributed by atoms with E-state index < -0.39 is 0 Å². The minimum Gasteiger partial charge on any atom is -0.497 e. The molecule has 34 heavy (non-hydrogen) atoms. The van der Waals surface area contributed by atoms with Gasteiger partial charge in [0, 0.05) is 18.2 Å². The van der Waals surface area contributed by atoms with E-state index in [1.165, 1.54) is 17.7 Å². The molecule has 4 nitrogen and oxygen atoms in total. The van der Waals surface area contributed by atoms with Gasteiger partial charge in [-0.15, -0.1) is 0 Å². The van der Waals surface area contributed by atoms with Crippen molar-refractivity contribution in [1.29, 1.82) is 0 Å². The Morgan fingerprint density at radius 1 is 1.09 bits per heavy atom. The van der Waals surface area contributed by atoms with Crippen LogP contribution in [0.3, 0.4) is 0 Å². The second-order valence-corrected chi connectivity index (χ2v) is 9.96. The van der Waals surface area contributed by atoms with Crippen LogP contribution in [0.2, 0.25) is 5.02 Å². The summed E-state index contributed by atoms with van der Waals surface area (Å²) in [6.45, 7) is 3.30. The van der Waals surface area contributed by atoms with E-state index in [0.29, 0.717) is 5.02 Å². The zero-order valence-corrected chi connectivity index (χ0v) is 20.7. The molecule has 0 aliphatic carbocycles. The SMILES string of the molecule is COc1ccc2ncc(Cl)c(CCCC3(CO)CCN(CCCc4ccc(F)cc4)CC3)c2c1.